The van der Waals surface area contributed by atoms with Gasteiger partial charge in [-0.1, -0.05) is 23.8 Å². The quantitative estimate of drug-likeness (QED) is 0.715. The number of aliphatic hydroxyl groups is 1. The lowest BCUT2D eigenvalue weighted by Gasteiger charge is -2.52. The van der Waals surface area contributed by atoms with Gasteiger partial charge in [0.15, 0.2) is 11.6 Å². The van der Waals surface area contributed by atoms with Gasteiger partial charge >= 0.3 is 0 Å². The van der Waals surface area contributed by atoms with Crippen LogP contribution < -0.4 is 0 Å². The van der Waals surface area contributed by atoms with Gasteiger partial charge in [-0.15, -0.1) is 0 Å². The number of benzene rings is 1. The maximum Gasteiger partial charge on any atom is 0.174 e. The van der Waals surface area contributed by atoms with Crippen molar-refractivity contribution >= 4 is 11.6 Å². The molecule has 0 aromatic heterocycles. The highest BCUT2D eigenvalue weighted by atomic mass is 16.3. The number of allylic oxidation sites excluding steroid dienone is 1. The molecule has 1 fully saturated rings. The van der Waals surface area contributed by atoms with E-state index in [1.165, 1.54) is 6.07 Å². The molecule has 4 unspecified atom stereocenters. The van der Waals surface area contributed by atoms with E-state index >= 15 is 0 Å². The second-order valence-electron chi connectivity index (χ2n) is 6.46. The fourth-order valence-electron chi connectivity index (χ4n) is 4.50. The van der Waals surface area contributed by atoms with E-state index in [0.717, 1.165) is 12.0 Å². The molecule has 4 aliphatic carbocycles. The first-order valence-corrected chi connectivity index (χ1v) is 7.26. The zero-order valence-electron chi connectivity index (χ0n) is 11.7. The summed E-state index contributed by atoms with van der Waals surface area (Å²) in [6.07, 6.45) is 2.98. The van der Waals surface area contributed by atoms with Gasteiger partial charge in [0, 0.05) is 11.5 Å². The lowest BCUT2D eigenvalue weighted by atomic mass is 9.52. The van der Waals surface area contributed by atoms with Crippen molar-refractivity contribution in [2.24, 2.45) is 17.8 Å². The second kappa shape index (κ2) is 3.83. The van der Waals surface area contributed by atoms with Crippen molar-refractivity contribution in [1.29, 1.82) is 0 Å². The summed E-state index contributed by atoms with van der Waals surface area (Å²) < 4.78 is 0. The molecule has 2 bridgehead atoms. The Labute approximate surface area is 122 Å². The number of fused-ring (bicyclic) bond motifs is 2. The van der Waals surface area contributed by atoms with Crippen LogP contribution in [0.15, 0.2) is 29.8 Å². The Morgan fingerprint density at radius 2 is 2.00 bits per heavy atom. The van der Waals surface area contributed by atoms with Gasteiger partial charge in [-0.3, -0.25) is 9.59 Å². The third-order valence-electron chi connectivity index (χ3n) is 5.39. The van der Waals surface area contributed by atoms with E-state index in [1.54, 1.807) is 18.2 Å². The second-order valence-corrected chi connectivity index (χ2v) is 6.46. The van der Waals surface area contributed by atoms with E-state index in [0.29, 0.717) is 12.0 Å². The molecule has 4 aliphatic rings. The maximum absolute atomic E-state index is 12.8. The smallest absolute Gasteiger partial charge is 0.174 e. The number of rotatable bonds is 0. The van der Waals surface area contributed by atoms with Gasteiger partial charge in [0.1, 0.15) is 5.75 Å². The fraction of sp³-hybridized carbons (Fsp3) is 0.412. The summed E-state index contributed by atoms with van der Waals surface area (Å²) in [5, 5.41) is 20.8. The molecule has 4 nitrogen and oxygen atoms in total. The molecule has 108 valence electrons. The monoisotopic (exact) mass is 284 g/mol. The zero-order valence-corrected chi connectivity index (χ0v) is 11.7. The SMILES string of the molecule is CC1=CC2(O)CCC1C1C(=O)c3cccc(O)c3C(=O)C12. The molecule has 0 aliphatic heterocycles. The highest BCUT2D eigenvalue weighted by molar-refractivity contribution is 6.18. The molecular weight excluding hydrogens is 268 g/mol. The van der Waals surface area contributed by atoms with Gasteiger partial charge in [-0.05, 0) is 31.7 Å². The Bertz CT molecular complexity index is 718. The number of phenols is 1. The van der Waals surface area contributed by atoms with Gasteiger partial charge in [0.05, 0.1) is 17.1 Å². The molecule has 4 atom stereocenters. The van der Waals surface area contributed by atoms with Crippen molar-refractivity contribution < 1.29 is 19.8 Å². The predicted octanol–water partition coefficient (Wildman–Crippen LogP) is 2.10. The minimum Gasteiger partial charge on any atom is -0.507 e. The predicted molar refractivity (Wildman–Crippen MR) is 75.2 cm³/mol. The average molecular weight is 284 g/mol. The molecule has 0 heterocycles. The Hall–Kier alpha value is -1.94. The highest BCUT2D eigenvalue weighted by Crippen LogP contribution is 2.55. The summed E-state index contributed by atoms with van der Waals surface area (Å²) in [7, 11) is 0. The van der Waals surface area contributed by atoms with Gasteiger partial charge in [-0.25, -0.2) is 0 Å². The fourth-order valence-corrected chi connectivity index (χ4v) is 4.50. The first-order valence-electron chi connectivity index (χ1n) is 7.26. The van der Waals surface area contributed by atoms with Crippen LogP contribution in [0.2, 0.25) is 0 Å². The normalized spacial score (nSPS) is 37.0. The number of aromatic hydroxyl groups is 1. The number of hydrogen-bond acceptors (Lipinski definition) is 4. The third kappa shape index (κ3) is 1.43. The van der Waals surface area contributed by atoms with E-state index < -0.39 is 17.4 Å². The van der Waals surface area contributed by atoms with Crippen molar-refractivity contribution in [1.82, 2.24) is 0 Å². The molecule has 0 radical (unpaired) electrons. The van der Waals surface area contributed by atoms with Crippen LogP contribution in [0.4, 0.5) is 0 Å². The molecule has 5 rings (SSSR count). The van der Waals surface area contributed by atoms with Gasteiger partial charge in [-0.2, -0.15) is 0 Å². The van der Waals surface area contributed by atoms with Crippen LogP contribution >= 0.6 is 0 Å². The first kappa shape index (κ1) is 12.8. The summed E-state index contributed by atoms with van der Waals surface area (Å²) in [5.74, 6) is -1.82. The van der Waals surface area contributed by atoms with Crippen LogP contribution in [0.1, 0.15) is 40.5 Å². The summed E-state index contributed by atoms with van der Waals surface area (Å²) in [4.78, 5) is 25.6. The van der Waals surface area contributed by atoms with Crippen molar-refractivity contribution in [2.45, 2.75) is 25.4 Å². The minimum atomic E-state index is -1.25. The number of ketones is 2. The summed E-state index contributed by atoms with van der Waals surface area (Å²) >= 11 is 0. The van der Waals surface area contributed by atoms with Crippen LogP contribution in [-0.4, -0.2) is 27.4 Å². The lowest BCUT2D eigenvalue weighted by molar-refractivity contribution is -0.0450. The van der Waals surface area contributed by atoms with E-state index in [9.17, 15) is 19.8 Å². The number of Topliss-reactive ketones (excluding diaryl/α,β-unsaturated/α-hetero) is 2. The van der Waals surface area contributed by atoms with Gasteiger partial charge in [0.25, 0.3) is 0 Å². The van der Waals surface area contributed by atoms with E-state index in [2.05, 4.69) is 0 Å². The molecule has 1 saturated carbocycles. The summed E-state index contributed by atoms with van der Waals surface area (Å²) in [5.41, 5.74) is 0.117. The molecule has 4 heteroatoms. The van der Waals surface area contributed by atoms with E-state index in [-0.39, 0.29) is 28.8 Å². The molecular formula is C17H16O4. The van der Waals surface area contributed by atoms with Crippen LogP contribution in [0, 0.1) is 17.8 Å². The number of carbonyl (C=O) groups excluding carboxylic acids is 2. The Balaban J connectivity index is 1.98. The zero-order chi connectivity index (χ0) is 14.9. The van der Waals surface area contributed by atoms with Crippen molar-refractivity contribution in [3.63, 3.8) is 0 Å². The Morgan fingerprint density at radius 3 is 2.71 bits per heavy atom. The molecule has 1 aromatic rings. The number of hydrogen-bond donors (Lipinski definition) is 2. The Kier molecular flexibility index (Phi) is 2.33. The third-order valence-corrected chi connectivity index (χ3v) is 5.39. The number of carbonyl (C=O) groups is 2. The molecule has 21 heavy (non-hydrogen) atoms. The maximum atomic E-state index is 12.8. The number of phenolic OH excluding ortho intramolecular Hbond substituents is 1. The largest absolute Gasteiger partial charge is 0.507 e. The summed E-state index contributed by atoms with van der Waals surface area (Å²) in [6, 6.07) is 4.59. The van der Waals surface area contributed by atoms with Crippen molar-refractivity contribution in [3.05, 3.63) is 41.0 Å². The molecule has 0 amide bonds. The highest BCUT2D eigenvalue weighted by Gasteiger charge is 2.59. The van der Waals surface area contributed by atoms with E-state index in [4.69, 9.17) is 0 Å². The molecule has 1 aromatic carbocycles. The van der Waals surface area contributed by atoms with Crippen LogP contribution in [0.25, 0.3) is 0 Å². The van der Waals surface area contributed by atoms with Crippen LogP contribution in [0.5, 0.6) is 5.75 Å². The van der Waals surface area contributed by atoms with Crippen molar-refractivity contribution in [3.8, 4) is 5.75 Å². The van der Waals surface area contributed by atoms with Gasteiger partial charge < -0.3 is 10.2 Å². The Morgan fingerprint density at radius 1 is 1.24 bits per heavy atom. The molecule has 0 spiro atoms. The topological polar surface area (TPSA) is 74.6 Å². The molecule has 0 saturated heterocycles. The van der Waals surface area contributed by atoms with Gasteiger partial charge in [0.2, 0.25) is 0 Å². The van der Waals surface area contributed by atoms with Crippen molar-refractivity contribution in [2.75, 3.05) is 0 Å². The first-order chi connectivity index (χ1) is 9.94. The average Bonchev–Trinajstić information content (AvgIpc) is 2.43. The minimum absolute atomic E-state index is 0.0240. The lowest BCUT2D eigenvalue weighted by Crippen LogP contribution is -2.58. The van der Waals surface area contributed by atoms with Crippen LogP contribution in [0.3, 0.4) is 0 Å². The molecule has 2 N–H and O–H groups in total. The summed E-state index contributed by atoms with van der Waals surface area (Å²) in [6.45, 7) is 1.92. The standard InChI is InChI=1S/C17H16O4/c1-8-7-17(21)6-5-9(8)13-14(17)16(20)12-10(15(13)19)3-2-4-11(12)18/h2-4,7,9,13-14,18,21H,5-6H2,1H3. The van der Waals surface area contributed by atoms with Crippen LogP contribution in [-0.2, 0) is 0 Å². The van der Waals surface area contributed by atoms with E-state index in [1.807, 2.05) is 6.92 Å².